The molecule has 2 saturated carbocycles. The molecule has 2 atom stereocenters. The molecule has 0 radical (unpaired) electrons. The molecule has 2 aliphatic carbocycles. The number of carbonyl (C=O) groups excluding carboxylic acids is 1. The van der Waals surface area contributed by atoms with Gasteiger partial charge in [0.2, 0.25) is 0 Å². The molecule has 2 aliphatic rings. The Morgan fingerprint density at radius 1 is 1.43 bits per heavy atom. The van der Waals surface area contributed by atoms with Crippen LogP contribution in [0, 0.1) is 11.8 Å². The van der Waals surface area contributed by atoms with Crippen molar-refractivity contribution in [2.75, 3.05) is 0 Å². The molecule has 0 bridgehead atoms. The molecule has 0 aliphatic heterocycles. The van der Waals surface area contributed by atoms with E-state index in [1.807, 2.05) is 12.4 Å². The van der Waals surface area contributed by atoms with Crippen molar-refractivity contribution in [3.05, 3.63) is 34.0 Å². The number of hydrogen-bond donors (Lipinski definition) is 2. The topological polar surface area (TPSA) is 94.0 Å². The Labute approximate surface area is 138 Å². The second-order valence-corrected chi connectivity index (χ2v) is 7.83. The summed E-state index contributed by atoms with van der Waals surface area (Å²) in [5.74, 6) is 0.757. The maximum absolute atomic E-state index is 11.6. The lowest BCUT2D eigenvalue weighted by atomic mass is 9.92. The van der Waals surface area contributed by atoms with Crippen LogP contribution in [0.15, 0.2) is 17.8 Å². The van der Waals surface area contributed by atoms with Crippen LogP contribution >= 0.6 is 11.3 Å². The predicted octanol–water partition coefficient (Wildman–Crippen LogP) is 1.77. The van der Waals surface area contributed by atoms with Crippen LogP contribution in [0.25, 0.3) is 0 Å². The molecule has 23 heavy (non-hydrogen) atoms. The average molecular weight is 332 g/mol. The molecule has 6 nitrogen and oxygen atoms in total. The van der Waals surface area contributed by atoms with E-state index in [0.717, 1.165) is 36.4 Å². The van der Waals surface area contributed by atoms with E-state index in [1.54, 1.807) is 17.1 Å². The Balaban J connectivity index is 1.54. The summed E-state index contributed by atoms with van der Waals surface area (Å²) < 4.78 is 1.66. The van der Waals surface area contributed by atoms with E-state index in [2.05, 4.69) is 10.1 Å². The van der Waals surface area contributed by atoms with Crippen molar-refractivity contribution in [2.24, 2.45) is 24.6 Å². The smallest absolute Gasteiger partial charge is 0.252 e. The molecule has 1 amide bonds. The molecular weight excluding hydrogens is 312 g/mol. The zero-order chi connectivity index (χ0) is 16.2. The van der Waals surface area contributed by atoms with E-state index < -0.39 is 11.5 Å². The molecular formula is C16H20N4O2S. The quantitative estimate of drug-likeness (QED) is 0.895. The van der Waals surface area contributed by atoms with E-state index in [1.165, 1.54) is 11.3 Å². The molecule has 0 saturated heterocycles. The van der Waals surface area contributed by atoms with Gasteiger partial charge in [-0.2, -0.15) is 5.10 Å². The van der Waals surface area contributed by atoms with E-state index in [4.69, 9.17) is 5.73 Å². The third-order valence-corrected chi connectivity index (χ3v) is 6.35. The van der Waals surface area contributed by atoms with Crippen molar-refractivity contribution in [3.63, 3.8) is 0 Å². The molecule has 2 fully saturated rings. The Morgan fingerprint density at radius 3 is 2.70 bits per heavy atom. The fourth-order valence-corrected chi connectivity index (χ4v) is 5.27. The van der Waals surface area contributed by atoms with E-state index >= 15 is 0 Å². The fourth-order valence-electron chi connectivity index (χ4n) is 4.51. The van der Waals surface area contributed by atoms with Crippen LogP contribution < -0.4 is 5.73 Å². The summed E-state index contributed by atoms with van der Waals surface area (Å²) in [4.78, 5) is 15.9. The number of nitrogens with zero attached hydrogens (tertiary/aromatic N) is 3. The van der Waals surface area contributed by atoms with Gasteiger partial charge in [-0.3, -0.25) is 9.48 Å². The summed E-state index contributed by atoms with van der Waals surface area (Å²) in [7, 11) is 1.81. The van der Waals surface area contributed by atoms with Gasteiger partial charge in [0.25, 0.3) is 5.91 Å². The van der Waals surface area contributed by atoms with Crippen LogP contribution in [0.4, 0.5) is 0 Å². The van der Waals surface area contributed by atoms with Gasteiger partial charge in [0, 0.05) is 30.7 Å². The molecule has 3 N–H and O–H groups in total. The first-order valence-corrected chi connectivity index (χ1v) is 8.80. The SMILES string of the molecule is Cn1cc(C(N)=O)c(C2CC3CC(O)(c4nccs4)CC3C2)n1. The molecule has 2 aromatic heterocycles. The van der Waals surface area contributed by atoms with Crippen LogP contribution in [0.5, 0.6) is 0 Å². The third kappa shape index (κ3) is 2.38. The molecule has 122 valence electrons. The molecule has 2 heterocycles. The number of hydrogen-bond acceptors (Lipinski definition) is 5. The van der Waals surface area contributed by atoms with E-state index in [0.29, 0.717) is 17.4 Å². The number of aromatic nitrogens is 3. The van der Waals surface area contributed by atoms with Gasteiger partial charge in [0.15, 0.2) is 0 Å². The highest BCUT2D eigenvalue weighted by Crippen LogP contribution is 2.56. The number of rotatable bonds is 3. The molecule has 0 aromatic carbocycles. The number of aryl methyl sites for hydroxylation is 1. The lowest BCUT2D eigenvalue weighted by Gasteiger charge is -2.22. The maximum Gasteiger partial charge on any atom is 0.252 e. The van der Waals surface area contributed by atoms with Crippen molar-refractivity contribution in [2.45, 2.75) is 37.2 Å². The highest BCUT2D eigenvalue weighted by atomic mass is 32.1. The molecule has 7 heteroatoms. The third-order valence-electron chi connectivity index (χ3n) is 5.38. The number of amides is 1. The van der Waals surface area contributed by atoms with Crippen molar-refractivity contribution >= 4 is 17.2 Å². The van der Waals surface area contributed by atoms with Crippen molar-refractivity contribution in [3.8, 4) is 0 Å². The molecule has 4 rings (SSSR count). The monoisotopic (exact) mass is 332 g/mol. The molecule has 0 spiro atoms. The number of nitrogens with two attached hydrogens (primary N) is 1. The molecule has 2 unspecified atom stereocenters. The van der Waals surface area contributed by atoms with Gasteiger partial charge in [-0.1, -0.05) is 0 Å². The number of fused-ring (bicyclic) bond motifs is 1. The van der Waals surface area contributed by atoms with Crippen LogP contribution in [0.3, 0.4) is 0 Å². The summed E-state index contributed by atoms with van der Waals surface area (Å²) in [5, 5.41) is 18.1. The maximum atomic E-state index is 11.6. The largest absolute Gasteiger partial charge is 0.383 e. The summed E-state index contributed by atoms with van der Waals surface area (Å²) in [6.07, 6.45) is 6.87. The number of aliphatic hydroxyl groups is 1. The Kier molecular flexibility index (Phi) is 3.32. The van der Waals surface area contributed by atoms with Crippen LogP contribution in [-0.2, 0) is 12.6 Å². The van der Waals surface area contributed by atoms with Crippen LogP contribution in [0.1, 0.15) is 52.7 Å². The van der Waals surface area contributed by atoms with Gasteiger partial charge in [-0.15, -0.1) is 11.3 Å². The van der Waals surface area contributed by atoms with Crippen LogP contribution in [-0.4, -0.2) is 25.8 Å². The Bertz CT molecular complexity index is 725. The lowest BCUT2D eigenvalue weighted by molar-refractivity contribution is 0.0342. The van der Waals surface area contributed by atoms with Gasteiger partial charge in [0.1, 0.15) is 10.6 Å². The Hall–Kier alpha value is -1.73. The second kappa shape index (κ2) is 5.14. The Morgan fingerprint density at radius 2 is 2.13 bits per heavy atom. The molecule has 2 aromatic rings. The van der Waals surface area contributed by atoms with Gasteiger partial charge in [-0.25, -0.2) is 4.98 Å². The highest BCUT2D eigenvalue weighted by molar-refractivity contribution is 7.09. The minimum Gasteiger partial charge on any atom is -0.383 e. The summed E-state index contributed by atoms with van der Waals surface area (Å²) in [5.41, 5.74) is 6.07. The first-order chi connectivity index (χ1) is 11.0. The predicted molar refractivity (Wildman–Crippen MR) is 85.9 cm³/mol. The average Bonchev–Trinajstić information content (AvgIpc) is 3.19. The standard InChI is InChI=1S/C16H20N4O2S/c1-20-8-12(14(17)21)13(19-20)9-4-10-6-16(22,7-11(10)5-9)15-18-2-3-23-15/h2-3,8-11,22H,4-7H2,1H3,(H2,17,21). The summed E-state index contributed by atoms with van der Waals surface area (Å²) in [6, 6.07) is 0. The first kappa shape index (κ1) is 14.8. The number of thiazole rings is 1. The normalized spacial score (nSPS) is 33.0. The van der Waals surface area contributed by atoms with Gasteiger partial charge >= 0.3 is 0 Å². The lowest BCUT2D eigenvalue weighted by Crippen LogP contribution is -2.23. The van der Waals surface area contributed by atoms with Crippen molar-refractivity contribution in [1.82, 2.24) is 14.8 Å². The zero-order valence-corrected chi connectivity index (χ0v) is 13.8. The first-order valence-electron chi connectivity index (χ1n) is 7.92. The summed E-state index contributed by atoms with van der Waals surface area (Å²) in [6.45, 7) is 0. The van der Waals surface area contributed by atoms with Crippen LogP contribution in [0.2, 0.25) is 0 Å². The highest BCUT2D eigenvalue weighted by Gasteiger charge is 2.51. The fraction of sp³-hybridized carbons (Fsp3) is 0.562. The summed E-state index contributed by atoms with van der Waals surface area (Å²) >= 11 is 1.53. The van der Waals surface area contributed by atoms with E-state index in [9.17, 15) is 9.90 Å². The van der Waals surface area contributed by atoms with Crippen molar-refractivity contribution < 1.29 is 9.90 Å². The van der Waals surface area contributed by atoms with E-state index in [-0.39, 0.29) is 5.92 Å². The van der Waals surface area contributed by atoms with Gasteiger partial charge < -0.3 is 10.8 Å². The van der Waals surface area contributed by atoms with Gasteiger partial charge in [0.05, 0.1) is 11.3 Å². The second-order valence-electron chi connectivity index (χ2n) is 6.93. The zero-order valence-electron chi connectivity index (χ0n) is 13.0. The number of primary amides is 1. The minimum atomic E-state index is -0.773. The van der Waals surface area contributed by atoms with Gasteiger partial charge in [-0.05, 0) is 37.5 Å². The number of carbonyl (C=O) groups is 1. The van der Waals surface area contributed by atoms with Crippen molar-refractivity contribution in [1.29, 1.82) is 0 Å². The minimum absolute atomic E-state index is 0.259.